The summed E-state index contributed by atoms with van der Waals surface area (Å²) in [5, 5.41) is 9.38. The molecule has 0 atom stereocenters. The van der Waals surface area contributed by atoms with E-state index in [0.717, 1.165) is 46.1 Å². The summed E-state index contributed by atoms with van der Waals surface area (Å²) in [6.07, 6.45) is 13.7. The number of allylic oxidation sites excluding steroid dienone is 2. The molecule has 0 spiro atoms. The molecule has 0 saturated carbocycles. The normalized spacial score (nSPS) is 12.9. The fourth-order valence-electron chi connectivity index (χ4n) is 3.95. The number of nitrogens with one attached hydrogen (secondary N) is 1. The van der Waals surface area contributed by atoms with Gasteiger partial charge in [0.2, 0.25) is 0 Å². The number of hydrogen-bond acceptors (Lipinski definition) is 5. The van der Waals surface area contributed by atoms with Gasteiger partial charge in [0.15, 0.2) is 5.82 Å². The van der Waals surface area contributed by atoms with Gasteiger partial charge in [0, 0.05) is 60.2 Å². The van der Waals surface area contributed by atoms with Gasteiger partial charge in [0.25, 0.3) is 0 Å². The number of aryl methyl sites for hydroxylation is 1. The van der Waals surface area contributed by atoms with Gasteiger partial charge < -0.3 is 20.2 Å². The van der Waals surface area contributed by atoms with Crippen LogP contribution < -0.4 is 10.6 Å². The highest BCUT2D eigenvalue weighted by Gasteiger charge is 2.16. The maximum atomic E-state index is 5.56. The lowest BCUT2D eigenvalue weighted by atomic mass is 10.1. The van der Waals surface area contributed by atoms with Crippen LogP contribution in [-0.2, 0) is 7.05 Å². The van der Waals surface area contributed by atoms with Crippen LogP contribution in [0.2, 0.25) is 0 Å². The van der Waals surface area contributed by atoms with Crippen molar-refractivity contribution in [2.45, 2.75) is 0 Å². The number of nitrogens with two attached hydrogens (primary N) is 1. The van der Waals surface area contributed by atoms with E-state index in [1.165, 1.54) is 5.39 Å². The summed E-state index contributed by atoms with van der Waals surface area (Å²) in [6.45, 7) is 0.822. The standard InChI is InChI=1S/C19H17N5.C8H8N2/c1-23-14-21-22-19(23)15-6-4-8-17(12-15)24-11-3-2-9-18(24)16-7-5-10-20-13-16;9-7-2-1-6-3-4-10-8(6)5-7/h2-10,12-14H,11H2,1H3;1-5,10H,9H2. The molecule has 7 nitrogen and oxygen atoms in total. The van der Waals surface area contributed by atoms with Crippen LogP contribution in [0.3, 0.4) is 0 Å². The first-order valence-electron chi connectivity index (χ1n) is 11.0. The molecule has 0 radical (unpaired) electrons. The van der Waals surface area contributed by atoms with Gasteiger partial charge in [-0.1, -0.05) is 30.4 Å². The molecule has 0 amide bonds. The first kappa shape index (κ1) is 21.2. The summed E-state index contributed by atoms with van der Waals surface area (Å²) in [4.78, 5) is 9.60. The van der Waals surface area contributed by atoms with Crippen molar-refractivity contribution in [1.29, 1.82) is 0 Å². The first-order chi connectivity index (χ1) is 16.7. The van der Waals surface area contributed by atoms with Crippen LogP contribution in [0.25, 0.3) is 28.0 Å². The zero-order valence-corrected chi connectivity index (χ0v) is 18.8. The zero-order valence-electron chi connectivity index (χ0n) is 18.8. The van der Waals surface area contributed by atoms with E-state index in [1.807, 2.05) is 54.3 Å². The number of nitrogen functional groups attached to an aromatic ring is 1. The minimum atomic E-state index is 0.801. The number of nitrogens with zero attached hydrogens (tertiary/aromatic N) is 5. The Morgan fingerprint density at radius 3 is 2.74 bits per heavy atom. The third-order valence-electron chi connectivity index (χ3n) is 5.63. The van der Waals surface area contributed by atoms with Gasteiger partial charge in [0.1, 0.15) is 6.33 Å². The van der Waals surface area contributed by atoms with Crippen LogP contribution in [0.4, 0.5) is 11.4 Å². The highest BCUT2D eigenvalue weighted by atomic mass is 15.2. The van der Waals surface area contributed by atoms with Crippen LogP contribution in [0.1, 0.15) is 5.56 Å². The monoisotopic (exact) mass is 447 g/mol. The minimum absolute atomic E-state index is 0.801. The average molecular weight is 448 g/mol. The molecule has 1 aliphatic heterocycles. The summed E-state index contributed by atoms with van der Waals surface area (Å²) in [7, 11) is 1.95. The molecule has 1 aliphatic rings. The summed E-state index contributed by atoms with van der Waals surface area (Å²) in [6, 6.07) is 20.3. The van der Waals surface area contributed by atoms with Gasteiger partial charge in [-0.2, -0.15) is 0 Å². The number of anilines is 2. The molecule has 0 unspecified atom stereocenters. The van der Waals surface area contributed by atoms with E-state index >= 15 is 0 Å². The van der Waals surface area contributed by atoms with Crippen molar-refractivity contribution in [1.82, 2.24) is 24.7 Å². The third-order valence-corrected chi connectivity index (χ3v) is 5.63. The first-order valence-corrected chi connectivity index (χ1v) is 11.0. The quantitative estimate of drug-likeness (QED) is 0.378. The molecular formula is C27H25N7. The number of pyridine rings is 1. The van der Waals surface area contributed by atoms with Crippen molar-refractivity contribution >= 4 is 28.0 Å². The molecule has 0 saturated heterocycles. The van der Waals surface area contributed by atoms with Crippen molar-refractivity contribution in [3.05, 3.63) is 109 Å². The summed E-state index contributed by atoms with van der Waals surface area (Å²) >= 11 is 0. The fourth-order valence-corrected chi connectivity index (χ4v) is 3.95. The fraction of sp³-hybridized carbons (Fsp3) is 0.0741. The molecule has 168 valence electrons. The zero-order chi connectivity index (χ0) is 23.3. The summed E-state index contributed by atoms with van der Waals surface area (Å²) < 4.78 is 1.92. The van der Waals surface area contributed by atoms with Gasteiger partial charge in [-0.15, -0.1) is 10.2 Å². The summed E-state index contributed by atoms with van der Waals surface area (Å²) in [5.74, 6) is 0.858. The van der Waals surface area contributed by atoms with Gasteiger partial charge >= 0.3 is 0 Å². The summed E-state index contributed by atoms with van der Waals surface area (Å²) in [5.41, 5.74) is 11.9. The maximum Gasteiger partial charge on any atom is 0.163 e. The second kappa shape index (κ2) is 9.46. The van der Waals surface area contributed by atoms with Crippen LogP contribution in [-0.4, -0.2) is 31.3 Å². The molecule has 3 N–H and O–H groups in total. The lowest BCUT2D eigenvalue weighted by molar-refractivity contribution is 0.919. The molecule has 6 rings (SSSR count). The average Bonchev–Trinajstić information content (AvgIpc) is 3.53. The number of aromatic amines is 1. The Hall–Kier alpha value is -4.65. The number of rotatable bonds is 3. The lowest BCUT2D eigenvalue weighted by Crippen LogP contribution is -2.23. The topological polar surface area (TPSA) is 88.7 Å². The van der Waals surface area contributed by atoms with Gasteiger partial charge in [0.05, 0.1) is 5.70 Å². The molecule has 0 bridgehead atoms. The van der Waals surface area contributed by atoms with E-state index in [-0.39, 0.29) is 0 Å². The highest BCUT2D eigenvalue weighted by molar-refractivity contribution is 5.83. The molecule has 34 heavy (non-hydrogen) atoms. The second-order valence-electron chi connectivity index (χ2n) is 7.97. The van der Waals surface area contributed by atoms with E-state index in [1.54, 1.807) is 12.5 Å². The molecule has 0 aliphatic carbocycles. The number of fused-ring (bicyclic) bond motifs is 1. The van der Waals surface area contributed by atoms with Gasteiger partial charge in [-0.3, -0.25) is 4.98 Å². The number of benzene rings is 2. The minimum Gasteiger partial charge on any atom is -0.399 e. The van der Waals surface area contributed by atoms with E-state index in [9.17, 15) is 0 Å². The van der Waals surface area contributed by atoms with Crippen LogP contribution in [0.5, 0.6) is 0 Å². The number of aromatic nitrogens is 5. The van der Waals surface area contributed by atoms with Crippen molar-refractivity contribution in [2.75, 3.05) is 17.2 Å². The van der Waals surface area contributed by atoms with E-state index in [0.29, 0.717) is 0 Å². The molecule has 0 fully saturated rings. The second-order valence-corrected chi connectivity index (χ2v) is 7.97. The smallest absolute Gasteiger partial charge is 0.163 e. The Balaban J connectivity index is 0.000000200. The van der Waals surface area contributed by atoms with Crippen molar-refractivity contribution in [2.24, 2.45) is 7.05 Å². The number of H-pyrrole nitrogens is 1. The van der Waals surface area contributed by atoms with E-state index in [4.69, 9.17) is 5.73 Å². The largest absolute Gasteiger partial charge is 0.399 e. The van der Waals surface area contributed by atoms with Gasteiger partial charge in [-0.05, 0) is 53.9 Å². The molecule has 2 aromatic carbocycles. The van der Waals surface area contributed by atoms with Gasteiger partial charge in [-0.25, -0.2) is 0 Å². The molecule has 3 aromatic heterocycles. The Kier molecular flexibility index (Phi) is 5.90. The predicted molar refractivity (Wildman–Crippen MR) is 138 cm³/mol. The maximum absolute atomic E-state index is 5.56. The predicted octanol–water partition coefficient (Wildman–Crippen LogP) is 5.04. The molecule has 7 heteroatoms. The Morgan fingerprint density at radius 2 is 1.91 bits per heavy atom. The van der Waals surface area contributed by atoms with E-state index in [2.05, 4.69) is 73.6 Å². The van der Waals surface area contributed by atoms with Crippen LogP contribution in [0.15, 0.2) is 104 Å². The van der Waals surface area contributed by atoms with Crippen LogP contribution >= 0.6 is 0 Å². The van der Waals surface area contributed by atoms with Crippen LogP contribution in [0, 0.1) is 0 Å². The SMILES string of the molecule is Cn1cnnc1-c1cccc(N2CC=CC=C2c2cccnc2)c1.Nc1ccc2cc[nH]c2c1. The molecule has 5 aromatic rings. The molecule has 4 heterocycles. The van der Waals surface area contributed by atoms with E-state index < -0.39 is 0 Å². The Labute approximate surface area is 197 Å². The van der Waals surface area contributed by atoms with Crippen molar-refractivity contribution < 1.29 is 0 Å². The lowest BCUT2D eigenvalue weighted by Gasteiger charge is -2.28. The Bertz CT molecular complexity index is 1460. The Morgan fingerprint density at radius 1 is 1.00 bits per heavy atom. The van der Waals surface area contributed by atoms with Crippen molar-refractivity contribution in [3.63, 3.8) is 0 Å². The highest BCUT2D eigenvalue weighted by Crippen LogP contribution is 2.30. The molecular weight excluding hydrogens is 422 g/mol. The van der Waals surface area contributed by atoms with Crippen molar-refractivity contribution in [3.8, 4) is 11.4 Å². The third kappa shape index (κ3) is 4.45. The number of hydrogen-bond donors (Lipinski definition) is 2.